The Morgan fingerprint density at radius 1 is 1.41 bits per heavy atom. The summed E-state index contributed by atoms with van der Waals surface area (Å²) < 4.78 is 59.1. The zero-order valence-corrected chi connectivity index (χ0v) is 13.8. The molecule has 0 aliphatic carbocycles. The number of pyridine rings is 1. The van der Waals surface area contributed by atoms with Crippen LogP contribution in [0.2, 0.25) is 5.15 Å². The second kappa shape index (κ2) is 7.06. The molecule has 0 saturated carbocycles. The molecular formula is C12H12ClF3N2O2S2. The molecule has 0 spiro atoms. The fraction of sp³-hybridized carbons (Fsp3) is 0.500. The van der Waals surface area contributed by atoms with E-state index >= 15 is 0 Å². The first-order valence-electron chi connectivity index (χ1n) is 5.94. The van der Waals surface area contributed by atoms with Gasteiger partial charge in [-0.3, -0.25) is 0 Å². The Kier molecular flexibility index (Phi) is 6.12. The molecule has 0 radical (unpaired) electrons. The second-order valence-electron chi connectivity index (χ2n) is 4.64. The molecule has 1 rings (SSSR count). The van der Waals surface area contributed by atoms with Gasteiger partial charge in [0.15, 0.2) is 14.6 Å². The lowest BCUT2D eigenvalue weighted by Gasteiger charge is -2.22. The van der Waals surface area contributed by atoms with Crippen molar-refractivity contribution in [1.82, 2.24) is 4.98 Å². The number of nitriles is 1. The first kappa shape index (κ1) is 19.1. The molecule has 0 saturated heterocycles. The van der Waals surface area contributed by atoms with Crippen LogP contribution < -0.4 is 0 Å². The van der Waals surface area contributed by atoms with Crippen molar-refractivity contribution in [3.63, 3.8) is 0 Å². The summed E-state index contributed by atoms with van der Waals surface area (Å²) in [7, 11) is -3.98. The normalized spacial score (nSPS) is 15.1. The van der Waals surface area contributed by atoms with Crippen LogP contribution in [0.4, 0.5) is 13.2 Å². The van der Waals surface area contributed by atoms with Crippen LogP contribution >= 0.6 is 23.4 Å². The van der Waals surface area contributed by atoms with E-state index in [-0.39, 0.29) is 16.9 Å². The number of alkyl halides is 3. The average molecular weight is 373 g/mol. The molecule has 1 heterocycles. The highest BCUT2D eigenvalue weighted by Crippen LogP contribution is 2.34. The number of thioether (sulfide) groups is 1. The van der Waals surface area contributed by atoms with Gasteiger partial charge in [0.1, 0.15) is 5.15 Å². The van der Waals surface area contributed by atoms with Gasteiger partial charge in [-0.2, -0.15) is 18.4 Å². The zero-order chi connectivity index (χ0) is 17.0. The SMILES string of the molecule is CC(C#N)(CCSC(F)(F)F)S(=O)(=O)Cc1ccc(Cl)nc1. The number of sulfone groups is 1. The fourth-order valence-electron chi connectivity index (χ4n) is 1.51. The molecule has 22 heavy (non-hydrogen) atoms. The number of rotatable bonds is 6. The lowest BCUT2D eigenvalue weighted by atomic mass is 10.1. The first-order chi connectivity index (χ1) is 9.99. The third kappa shape index (κ3) is 5.34. The third-order valence-electron chi connectivity index (χ3n) is 2.91. The molecule has 1 aromatic heterocycles. The van der Waals surface area contributed by atoms with Gasteiger partial charge in [0.2, 0.25) is 0 Å². The Morgan fingerprint density at radius 2 is 2.05 bits per heavy atom. The van der Waals surface area contributed by atoms with Crippen LogP contribution in [0.15, 0.2) is 18.3 Å². The summed E-state index contributed by atoms with van der Waals surface area (Å²) in [4.78, 5) is 3.73. The topological polar surface area (TPSA) is 70.8 Å². The molecule has 4 nitrogen and oxygen atoms in total. The zero-order valence-electron chi connectivity index (χ0n) is 11.4. The van der Waals surface area contributed by atoms with E-state index in [0.717, 1.165) is 6.92 Å². The molecule has 1 unspecified atom stereocenters. The lowest BCUT2D eigenvalue weighted by molar-refractivity contribution is -0.0328. The highest BCUT2D eigenvalue weighted by molar-refractivity contribution is 8.00. The molecule has 1 atom stereocenters. The van der Waals surface area contributed by atoms with Crippen molar-refractivity contribution >= 4 is 33.2 Å². The van der Waals surface area contributed by atoms with Gasteiger partial charge < -0.3 is 0 Å². The number of halogens is 4. The van der Waals surface area contributed by atoms with Crippen LogP contribution in [-0.4, -0.2) is 29.4 Å². The van der Waals surface area contributed by atoms with E-state index in [1.807, 2.05) is 0 Å². The predicted octanol–water partition coefficient (Wildman–Crippen LogP) is 3.58. The molecule has 0 aromatic carbocycles. The van der Waals surface area contributed by atoms with Crippen molar-refractivity contribution in [3.8, 4) is 6.07 Å². The summed E-state index contributed by atoms with van der Waals surface area (Å²) in [5.41, 5.74) is -4.14. The highest BCUT2D eigenvalue weighted by Gasteiger charge is 2.40. The monoisotopic (exact) mass is 372 g/mol. The number of nitrogens with zero attached hydrogens (tertiary/aromatic N) is 2. The van der Waals surface area contributed by atoms with Gasteiger partial charge in [-0.15, -0.1) is 0 Å². The van der Waals surface area contributed by atoms with Crippen molar-refractivity contribution in [1.29, 1.82) is 5.26 Å². The Bertz CT molecular complexity index is 656. The first-order valence-corrected chi connectivity index (χ1v) is 8.95. The van der Waals surface area contributed by atoms with Crippen LogP contribution in [-0.2, 0) is 15.6 Å². The quantitative estimate of drug-likeness (QED) is 0.714. The molecule has 0 fully saturated rings. The van der Waals surface area contributed by atoms with Crippen LogP contribution in [0.1, 0.15) is 18.9 Å². The molecule has 0 bridgehead atoms. The minimum absolute atomic E-state index is 0.186. The van der Waals surface area contributed by atoms with Gasteiger partial charge in [-0.25, -0.2) is 13.4 Å². The molecule has 0 aliphatic rings. The fourth-order valence-corrected chi connectivity index (χ4v) is 3.98. The molecular weight excluding hydrogens is 361 g/mol. The summed E-state index contributed by atoms with van der Waals surface area (Å²) in [5, 5.41) is 9.30. The van der Waals surface area contributed by atoms with Gasteiger partial charge in [-0.1, -0.05) is 29.4 Å². The van der Waals surface area contributed by atoms with E-state index in [0.29, 0.717) is 5.56 Å². The van der Waals surface area contributed by atoms with E-state index in [1.54, 1.807) is 6.07 Å². The standard InChI is InChI=1S/C12H12ClF3N2O2S2/c1-11(8-17,4-5-21-12(14,15)16)22(19,20)7-9-2-3-10(13)18-6-9/h2-3,6H,4-5,7H2,1H3. The van der Waals surface area contributed by atoms with Crippen molar-refractivity contribution in [2.75, 3.05) is 5.75 Å². The van der Waals surface area contributed by atoms with Crippen LogP contribution in [0.5, 0.6) is 0 Å². The minimum Gasteiger partial charge on any atom is -0.244 e. The summed E-state index contributed by atoms with van der Waals surface area (Å²) in [6.07, 6.45) is 0.833. The van der Waals surface area contributed by atoms with Gasteiger partial charge in [0.05, 0.1) is 11.8 Å². The van der Waals surface area contributed by atoms with Crippen molar-refractivity contribution in [2.24, 2.45) is 0 Å². The van der Waals surface area contributed by atoms with Crippen LogP contribution in [0.3, 0.4) is 0 Å². The van der Waals surface area contributed by atoms with Gasteiger partial charge in [-0.05, 0) is 25.0 Å². The number of hydrogen-bond donors (Lipinski definition) is 0. The third-order valence-corrected chi connectivity index (χ3v) is 6.25. The molecule has 0 amide bonds. The summed E-state index contributed by atoms with van der Waals surface area (Å²) in [6, 6.07) is 4.46. The van der Waals surface area contributed by atoms with E-state index in [9.17, 15) is 21.6 Å². The maximum Gasteiger partial charge on any atom is 0.441 e. The molecule has 1 aromatic rings. The van der Waals surface area contributed by atoms with Crippen molar-refractivity contribution < 1.29 is 21.6 Å². The minimum atomic E-state index is -4.46. The Balaban J connectivity index is 2.86. The Hall–Kier alpha value is -0.980. The van der Waals surface area contributed by atoms with E-state index in [4.69, 9.17) is 16.9 Å². The maximum absolute atomic E-state index is 12.3. The van der Waals surface area contributed by atoms with E-state index < -0.39 is 38.0 Å². The van der Waals surface area contributed by atoms with Crippen molar-refractivity contribution in [3.05, 3.63) is 29.0 Å². The highest BCUT2D eigenvalue weighted by atomic mass is 35.5. The summed E-state index contributed by atoms with van der Waals surface area (Å²) in [5.74, 6) is -0.996. The maximum atomic E-state index is 12.3. The van der Waals surface area contributed by atoms with E-state index in [1.165, 1.54) is 18.3 Å². The average Bonchev–Trinajstić information content (AvgIpc) is 2.39. The lowest BCUT2D eigenvalue weighted by Crippen LogP contribution is -2.35. The number of aromatic nitrogens is 1. The molecule has 0 N–H and O–H groups in total. The number of hydrogen-bond acceptors (Lipinski definition) is 5. The Morgan fingerprint density at radius 3 is 2.50 bits per heavy atom. The smallest absolute Gasteiger partial charge is 0.244 e. The Labute approximate surface area is 135 Å². The molecule has 0 aliphatic heterocycles. The molecule has 10 heteroatoms. The predicted molar refractivity (Wildman–Crippen MR) is 79.0 cm³/mol. The van der Waals surface area contributed by atoms with E-state index in [2.05, 4.69) is 4.98 Å². The van der Waals surface area contributed by atoms with Gasteiger partial charge >= 0.3 is 5.51 Å². The van der Waals surface area contributed by atoms with Gasteiger partial charge in [0.25, 0.3) is 0 Å². The van der Waals surface area contributed by atoms with Crippen molar-refractivity contribution in [2.45, 2.75) is 29.4 Å². The summed E-state index contributed by atoms with van der Waals surface area (Å²) in [6.45, 7) is 1.13. The molecule has 122 valence electrons. The summed E-state index contributed by atoms with van der Waals surface area (Å²) >= 11 is 5.24. The van der Waals surface area contributed by atoms with Crippen LogP contribution in [0, 0.1) is 11.3 Å². The van der Waals surface area contributed by atoms with Gasteiger partial charge in [0, 0.05) is 11.9 Å². The largest absolute Gasteiger partial charge is 0.441 e. The second-order valence-corrected chi connectivity index (χ2v) is 8.60. The van der Waals surface area contributed by atoms with Crippen LogP contribution in [0.25, 0.3) is 0 Å².